The van der Waals surface area contributed by atoms with Gasteiger partial charge in [0.2, 0.25) is 0 Å². The van der Waals surface area contributed by atoms with Gasteiger partial charge in [-0.2, -0.15) is 0 Å². The SMILES string of the molecule is Cc1ccc(S(=O)(=O)Nc2ccc(Cl)c(C(=O)NC34CC5CC(CC(C5)C3)C4)c2)cc1. The Morgan fingerprint density at radius 3 is 2.13 bits per heavy atom. The Kier molecular flexibility index (Phi) is 5.05. The third-order valence-electron chi connectivity index (χ3n) is 7.21. The molecule has 0 saturated heterocycles. The maximum absolute atomic E-state index is 13.2. The fraction of sp³-hybridized carbons (Fsp3) is 0.458. The Morgan fingerprint density at radius 1 is 0.968 bits per heavy atom. The molecule has 0 radical (unpaired) electrons. The Balaban J connectivity index is 1.36. The number of sulfonamides is 1. The number of rotatable bonds is 5. The van der Waals surface area contributed by atoms with Gasteiger partial charge in [-0.3, -0.25) is 9.52 Å². The molecule has 2 aromatic rings. The van der Waals surface area contributed by atoms with Crippen LogP contribution in [-0.2, 0) is 10.0 Å². The summed E-state index contributed by atoms with van der Waals surface area (Å²) in [6.45, 7) is 1.90. The standard InChI is InChI=1S/C24H27ClN2O3S/c1-15-2-5-20(6-3-15)31(29,30)27-19-4-7-22(25)21(11-19)23(28)26-24-12-16-8-17(13-24)10-18(9-16)14-24/h2-7,11,16-18,27H,8-10,12-14H2,1H3,(H,26,28). The normalized spacial score (nSPS) is 29.0. The number of carbonyl (C=O) groups is 1. The third-order valence-corrected chi connectivity index (χ3v) is 8.94. The van der Waals surface area contributed by atoms with Crippen LogP contribution in [0.4, 0.5) is 5.69 Å². The zero-order valence-electron chi connectivity index (χ0n) is 17.5. The van der Waals surface area contributed by atoms with Crippen LogP contribution >= 0.6 is 11.6 Å². The molecule has 0 unspecified atom stereocenters. The van der Waals surface area contributed by atoms with E-state index >= 15 is 0 Å². The Hall–Kier alpha value is -2.05. The zero-order chi connectivity index (χ0) is 21.8. The summed E-state index contributed by atoms with van der Waals surface area (Å²) in [4.78, 5) is 13.4. The molecule has 4 aliphatic carbocycles. The van der Waals surface area contributed by atoms with Gasteiger partial charge in [-0.15, -0.1) is 0 Å². The fourth-order valence-corrected chi connectivity index (χ4v) is 7.52. The molecule has 2 N–H and O–H groups in total. The van der Waals surface area contributed by atoms with Gasteiger partial charge in [-0.25, -0.2) is 8.42 Å². The molecule has 6 rings (SSSR count). The monoisotopic (exact) mass is 458 g/mol. The maximum Gasteiger partial charge on any atom is 0.261 e. The summed E-state index contributed by atoms with van der Waals surface area (Å²) in [7, 11) is -3.75. The highest BCUT2D eigenvalue weighted by Crippen LogP contribution is 2.55. The molecule has 5 nitrogen and oxygen atoms in total. The van der Waals surface area contributed by atoms with Gasteiger partial charge in [0.1, 0.15) is 0 Å². The van der Waals surface area contributed by atoms with Crippen molar-refractivity contribution in [3.05, 3.63) is 58.6 Å². The van der Waals surface area contributed by atoms with Gasteiger partial charge in [0.05, 0.1) is 15.5 Å². The summed E-state index contributed by atoms with van der Waals surface area (Å²) >= 11 is 6.35. The molecule has 4 bridgehead atoms. The second-order valence-corrected chi connectivity index (χ2v) is 11.9. The zero-order valence-corrected chi connectivity index (χ0v) is 19.1. The number of benzene rings is 2. The highest BCUT2D eigenvalue weighted by molar-refractivity contribution is 7.92. The highest BCUT2D eigenvalue weighted by atomic mass is 35.5. The van der Waals surface area contributed by atoms with Crippen molar-refractivity contribution in [1.29, 1.82) is 0 Å². The minimum absolute atomic E-state index is 0.132. The lowest BCUT2D eigenvalue weighted by Gasteiger charge is -2.56. The average molecular weight is 459 g/mol. The van der Waals surface area contributed by atoms with Crippen LogP contribution in [0.5, 0.6) is 0 Å². The van der Waals surface area contributed by atoms with Crippen LogP contribution in [0.3, 0.4) is 0 Å². The minimum atomic E-state index is -3.75. The molecule has 2 aromatic carbocycles. The molecule has 4 saturated carbocycles. The number of halogens is 1. The summed E-state index contributed by atoms with van der Waals surface area (Å²) in [5.74, 6) is 1.93. The van der Waals surface area contributed by atoms with Gasteiger partial charge in [-0.05, 0) is 93.5 Å². The van der Waals surface area contributed by atoms with E-state index in [0.717, 1.165) is 42.6 Å². The van der Waals surface area contributed by atoms with Gasteiger partial charge in [0.25, 0.3) is 15.9 Å². The van der Waals surface area contributed by atoms with E-state index in [0.29, 0.717) is 16.3 Å². The third kappa shape index (κ3) is 4.08. The minimum Gasteiger partial charge on any atom is -0.347 e. The number of anilines is 1. The molecule has 1 amide bonds. The number of hydrogen-bond donors (Lipinski definition) is 2. The topological polar surface area (TPSA) is 75.3 Å². The van der Waals surface area contributed by atoms with E-state index in [4.69, 9.17) is 11.6 Å². The van der Waals surface area contributed by atoms with Crippen LogP contribution in [0.15, 0.2) is 47.4 Å². The van der Waals surface area contributed by atoms with Crippen LogP contribution in [0, 0.1) is 24.7 Å². The average Bonchev–Trinajstić information content (AvgIpc) is 2.68. The number of carbonyl (C=O) groups excluding carboxylic acids is 1. The smallest absolute Gasteiger partial charge is 0.261 e. The molecule has 7 heteroatoms. The summed E-state index contributed by atoms with van der Waals surface area (Å²) in [5.41, 5.74) is 1.48. The van der Waals surface area contributed by atoms with E-state index in [1.807, 2.05) is 6.92 Å². The molecule has 4 fully saturated rings. The van der Waals surface area contributed by atoms with Gasteiger partial charge in [0, 0.05) is 11.2 Å². The van der Waals surface area contributed by atoms with Crippen molar-refractivity contribution < 1.29 is 13.2 Å². The van der Waals surface area contributed by atoms with Crippen molar-refractivity contribution in [3.8, 4) is 0 Å². The summed E-state index contributed by atoms with van der Waals surface area (Å²) in [6.07, 6.45) is 7.02. The largest absolute Gasteiger partial charge is 0.347 e. The molecular weight excluding hydrogens is 432 g/mol. The van der Waals surface area contributed by atoms with E-state index in [-0.39, 0.29) is 16.3 Å². The lowest BCUT2D eigenvalue weighted by molar-refractivity contribution is -0.0167. The summed E-state index contributed by atoms with van der Waals surface area (Å²) in [6, 6.07) is 11.3. The van der Waals surface area contributed by atoms with Crippen LogP contribution in [-0.4, -0.2) is 19.9 Å². The Labute approximate surface area is 188 Å². The first-order valence-corrected chi connectivity index (χ1v) is 12.8. The molecule has 164 valence electrons. The van der Waals surface area contributed by atoms with Crippen molar-refractivity contribution in [2.45, 2.75) is 55.9 Å². The molecule has 0 heterocycles. The van der Waals surface area contributed by atoms with E-state index in [9.17, 15) is 13.2 Å². The van der Waals surface area contributed by atoms with Crippen LogP contribution < -0.4 is 10.0 Å². The number of amides is 1. The van der Waals surface area contributed by atoms with Crippen molar-refractivity contribution in [1.82, 2.24) is 5.32 Å². The van der Waals surface area contributed by atoms with Crippen LogP contribution in [0.25, 0.3) is 0 Å². The van der Waals surface area contributed by atoms with E-state index in [2.05, 4.69) is 10.0 Å². The second kappa shape index (κ2) is 7.52. The van der Waals surface area contributed by atoms with E-state index in [1.54, 1.807) is 36.4 Å². The van der Waals surface area contributed by atoms with E-state index in [1.165, 1.54) is 25.3 Å². The van der Waals surface area contributed by atoms with Crippen molar-refractivity contribution in [2.24, 2.45) is 17.8 Å². The first-order chi connectivity index (χ1) is 14.7. The molecule has 0 atom stereocenters. The van der Waals surface area contributed by atoms with Gasteiger partial charge >= 0.3 is 0 Å². The lowest BCUT2D eigenvalue weighted by Crippen LogP contribution is -2.59. The van der Waals surface area contributed by atoms with Crippen molar-refractivity contribution in [2.75, 3.05) is 4.72 Å². The Morgan fingerprint density at radius 2 is 1.55 bits per heavy atom. The quantitative estimate of drug-likeness (QED) is 0.650. The summed E-state index contributed by atoms with van der Waals surface area (Å²) < 4.78 is 28.0. The predicted octanol–water partition coefficient (Wildman–Crippen LogP) is 5.15. The molecule has 31 heavy (non-hydrogen) atoms. The molecule has 0 spiro atoms. The fourth-order valence-electron chi connectivity index (χ4n) is 6.27. The molecule has 0 aliphatic heterocycles. The number of hydrogen-bond acceptors (Lipinski definition) is 3. The molecule has 0 aromatic heterocycles. The van der Waals surface area contributed by atoms with Crippen LogP contribution in [0.1, 0.15) is 54.4 Å². The van der Waals surface area contributed by atoms with Gasteiger partial charge < -0.3 is 5.32 Å². The maximum atomic E-state index is 13.2. The first-order valence-electron chi connectivity index (χ1n) is 10.9. The predicted molar refractivity (Wildman–Crippen MR) is 122 cm³/mol. The second-order valence-electron chi connectivity index (χ2n) is 9.77. The van der Waals surface area contributed by atoms with Gasteiger partial charge in [-0.1, -0.05) is 29.3 Å². The number of nitrogens with one attached hydrogen (secondary N) is 2. The first kappa shape index (κ1) is 20.8. The molecule has 4 aliphatic rings. The Bertz CT molecular complexity index is 1090. The highest BCUT2D eigenvalue weighted by Gasteiger charge is 2.51. The van der Waals surface area contributed by atoms with Gasteiger partial charge in [0.15, 0.2) is 0 Å². The van der Waals surface area contributed by atoms with E-state index < -0.39 is 10.0 Å². The van der Waals surface area contributed by atoms with Crippen LogP contribution in [0.2, 0.25) is 5.02 Å². The van der Waals surface area contributed by atoms with Crippen molar-refractivity contribution >= 4 is 33.2 Å². The number of aryl methyl sites for hydroxylation is 1. The van der Waals surface area contributed by atoms with Crippen molar-refractivity contribution in [3.63, 3.8) is 0 Å². The lowest BCUT2D eigenvalue weighted by atomic mass is 9.53. The molecular formula is C24H27ClN2O3S. The summed E-state index contributed by atoms with van der Waals surface area (Å²) in [5, 5.41) is 3.63.